The van der Waals surface area contributed by atoms with Crippen LogP contribution in [0.15, 0.2) is 90.7 Å². The predicted molar refractivity (Wildman–Crippen MR) is 91.3 cm³/mol. The minimum atomic E-state index is 1.00. The molecule has 2 aromatic carbocycles. The van der Waals surface area contributed by atoms with Gasteiger partial charge in [-0.3, -0.25) is 0 Å². The van der Waals surface area contributed by atoms with E-state index in [1.54, 1.807) is 0 Å². The summed E-state index contributed by atoms with van der Waals surface area (Å²) < 4.78 is 0. The fourth-order valence-electron chi connectivity index (χ4n) is 2.45. The van der Waals surface area contributed by atoms with Crippen LogP contribution < -0.4 is 4.90 Å². The molecule has 0 heterocycles. The highest BCUT2D eigenvalue weighted by molar-refractivity contribution is 5.67. The minimum Gasteiger partial charge on any atom is -0.345 e. The van der Waals surface area contributed by atoms with E-state index < -0.39 is 0 Å². The zero-order chi connectivity index (χ0) is 14.5. The Morgan fingerprint density at radius 3 is 2.29 bits per heavy atom. The van der Waals surface area contributed by atoms with Crippen LogP contribution in [0.2, 0.25) is 0 Å². The van der Waals surface area contributed by atoms with Crippen molar-refractivity contribution in [1.29, 1.82) is 0 Å². The van der Waals surface area contributed by atoms with E-state index in [0.717, 1.165) is 6.42 Å². The third-order valence-corrected chi connectivity index (χ3v) is 3.71. The van der Waals surface area contributed by atoms with E-state index in [2.05, 4.69) is 90.9 Å². The molecule has 0 bridgehead atoms. The molecule has 1 heteroatoms. The molecular formula is C20H19N. The Hall–Kier alpha value is -2.54. The molecule has 1 nitrogen and oxygen atoms in total. The normalized spacial score (nSPS) is 13.7. The van der Waals surface area contributed by atoms with Crippen molar-refractivity contribution in [2.24, 2.45) is 0 Å². The smallest absolute Gasteiger partial charge is 0.0408 e. The van der Waals surface area contributed by atoms with Gasteiger partial charge in [0.1, 0.15) is 0 Å². The first-order valence-electron chi connectivity index (χ1n) is 7.27. The molecule has 0 unspecified atom stereocenters. The first-order valence-corrected chi connectivity index (χ1v) is 7.27. The number of nitrogens with zero attached hydrogens (tertiary/aromatic N) is 1. The zero-order valence-corrected chi connectivity index (χ0v) is 12.2. The second-order valence-corrected chi connectivity index (χ2v) is 5.13. The van der Waals surface area contributed by atoms with Gasteiger partial charge < -0.3 is 4.90 Å². The van der Waals surface area contributed by atoms with Crippen LogP contribution in [-0.4, -0.2) is 7.05 Å². The average molecular weight is 273 g/mol. The van der Waals surface area contributed by atoms with Gasteiger partial charge in [0.25, 0.3) is 0 Å². The van der Waals surface area contributed by atoms with Gasteiger partial charge in [-0.1, -0.05) is 60.7 Å². The molecule has 1 aliphatic carbocycles. The van der Waals surface area contributed by atoms with Gasteiger partial charge in [-0.05, 0) is 41.8 Å². The van der Waals surface area contributed by atoms with E-state index >= 15 is 0 Å². The van der Waals surface area contributed by atoms with Gasteiger partial charge in [0.15, 0.2) is 0 Å². The van der Waals surface area contributed by atoms with E-state index in [-0.39, 0.29) is 0 Å². The van der Waals surface area contributed by atoms with Gasteiger partial charge in [-0.2, -0.15) is 0 Å². The van der Waals surface area contributed by atoms with Gasteiger partial charge in [-0.15, -0.1) is 0 Å². The number of allylic oxidation sites excluding steroid dienone is 5. The molecular weight excluding hydrogens is 254 g/mol. The summed E-state index contributed by atoms with van der Waals surface area (Å²) in [5, 5.41) is 0. The van der Waals surface area contributed by atoms with E-state index in [4.69, 9.17) is 0 Å². The quantitative estimate of drug-likeness (QED) is 0.744. The molecule has 2 aromatic rings. The summed E-state index contributed by atoms with van der Waals surface area (Å²) in [5.41, 5.74) is 4.90. The van der Waals surface area contributed by atoms with Crippen LogP contribution in [0, 0.1) is 0 Å². The average Bonchev–Trinajstić information content (AvgIpc) is 2.84. The van der Waals surface area contributed by atoms with Gasteiger partial charge in [-0.25, -0.2) is 0 Å². The summed E-state index contributed by atoms with van der Waals surface area (Å²) in [6.07, 6.45) is 11.8. The molecule has 0 saturated carbocycles. The van der Waals surface area contributed by atoms with Crippen LogP contribution in [0.4, 0.5) is 5.69 Å². The summed E-state index contributed by atoms with van der Waals surface area (Å²) in [5.74, 6) is 0. The third-order valence-electron chi connectivity index (χ3n) is 3.71. The van der Waals surface area contributed by atoms with Gasteiger partial charge in [0.05, 0.1) is 0 Å². The molecule has 0 fully saturated rings. The monoisotopic (exact) mass is 273 g/mol. The lowest BCUT2D eigenvalue weighted by molar-refractivity contribution is 1.14. The molecule has 0 saturated heterocycles. The highest BCUT2D eigenvalue weighted by Crippen LogP contribution is 2.24. The van der Waals surface area contributed by atoms with Crippen molar-refractivity contribution < 1.29 is 0 Å². The van der Waals surface area contributed by atoms with Crippen molar-refractivity contribution in [2.45, 2.75) is 6.42 Å². The number of anilines is 1. The van der Waals surface area contributed by atoms with E-state index in [1.807, 2.05) is 6.07 Å². The number of hydrogen-bond acceptors (Lipinski definition) is 1. The molecule has 21 heavy (non-hydrogen) atoms. The molecule has 0 aliphatic heterocycles. The number of benzene rings is 2. The van der Waals surface area contributed by atoms with Crippen LogP contribution in [0.3, 0.4) is 0 Å². The lowest BCUT2D eigenvalue weighted by atomic mass is 10.1. The van der Waals surface area contributed by atoms with Gasteiger partial charge >= 0.3 is 0 Å². The Morgan fingerprint density at radius 2 is 1.52 bits per heavy atom. The largest absolute Gasteiger partial charge is 0.345 e. The van der Waals surface area contributed by atoms with Crippen molar-refractivity contribution >= 4 is 5.69 Å². The van der Waals surface area contributed by atoms with E-state index in [1.165, 1.54) is 22.5 Å². The van der Waals surface area contributed by atoms with Crippen molar-refractivity contribution in [3.05, 3.63) is 90.7 Å². The summed E-state index contributed by atoms with van der Waals surface area (Å²) in [4.78, 5) is 2.21. The Morgan fingerprint density at radius 1 is 0.810 bits per heavy atom. The Kier molecular flexibility index (Phi) is 4.02. The van der Waals surface area contributed by atoms with Crippen molar-refractivity contribution in [3.8, 4) is 11.1 Å². The van der Waals surface area contributed by atoms with E-state index in [0.29, 0.717) is 0 Å². The predicted octanol–water partition coefficient (Wildman–Crippen LogP) is 5.19. The fraction of sp³-hybridized carbons (Fsp3) is 0.100. The Labute approximate surface area is 126 Å². The maximum absolute atomic E-state index is 2.21. The van der Waals surface area contributed by atoms with Crippen molar-refractivity contribution in [1.82, 2.24) is 0 Å². The van der Waals surface area contributed by atoms with Crippen LogP contribution in [0.5, 0.6) is 0 Å². The maximum atomic E-state index is 2.21. The Bertz CT molecular complexity index is 676. The molecule has 0 N–H and O–H groups in total. The highest BCUT2D eigenvalue weighted by Gasteiger charge is 2.05. The highest BCUT2D eigenvalue weighted by atomic mass is 15.1. The molecule has 1 aliphatic rings. The van der Waals surface area contributed by atoms with Gasteiger partial charge in [0.2, 0.25) is 0 Å². The second kappa shape index (κ2) is 6.27. The summed E-state index contributed by atoms with van der Waals surface area (Å²) in [6, 6.07) is 19.2. The van der Waals surface area contributed by atoms with Crippen LogP contribution in [-0.2, 0) is 0 Å². The lowest BCUT2D eigenvalue weighted by Crippen LogP contribution is -2.14. The minimum absolute atomic E-state index is 1.00. The first-order chi connectivity index (χ1) is 10.3. The zero-order valence-electron chi connectivity index (χ0n) is 12.2. The summed E-state index contributed by atoms with van der Waals surface area (Å²) in [7, 11) is 2.10. The number of hydrogen-bond donors (Lipinski definition) is 0. The van der Waals surface area contributed by atoms with Crippen LogP contribution >= 0.6 is 0 Å². The van der Waals surface area contributed by atoms with Crippen LogP contribution in [0.25, 0.3) is 11.1 Å². The summed E-state index contributed by atoms with van der Waals surface area (Å²) >= 11 is 0. The Balaban J connectivity index is 1.84. The van der Waals surface area contributed by atoms with Crippen LogP contribution in [0.1, 0.15) is 6.42 Å². The number of rotatable bonds is 3. The molecule has 3 rings (SSSR count). The SMILES string of the molecule is CN(C1=CC=CCC=C1)c1ccc(-c2ccccc2)cc1. The standard InChI is InChI=1S/C20H19N/c1-21(19-11-7-2-3-8-12-19)20-15-13-18(14-16-20)17-9-5-4-6-10-17/h2,4-16H,3H2,1H3. The fourth-order valence-corrected chi connectivity index (χ4v) is 2.45. The molecule has 0 atom stereocenters. The van der Waals surface area contributed by atoms with Gasteiger partial charge in [0, 0.05) is 18.4 Å². The first kappa shape index (κ1) is 13.4. The number of likely N-dealkylation sites (N-methyl/N-ethyl adjacent to an activating group) is 1. The summed E-state index contributed by atoms with van der Waals surface area (Å²) in [6.45, 7) is 0. The maximum Gasteiger partial charge on any atom is 0.0408 e. The molecule has 0 radical (unpaired) electrons. The molecule has 0 amide bonds. The molecule has 104 valence electrons. The van der Waals surface area contributed by atoms with Crippen molar-refractivity contribution in [3.63, 3.8) is 0 Å². The lowest BCUT2D eigenvalue weighted by Gasteiger charge is -2.20. The topological polar surface area (TPSA) is 3.24 Å². The molecule has 0 spiro atoms. The third kappa shape index (κ3) is 3.14. The molecule has 0 aromatic heterocycles. The second-order valence-electron chi connectivity index (χ2n) is 5.13. The van der Waals surface area contributed by atoms with E-state index in [9.17, 15) is 0 Å². The van der Waals surface area contributed by atoms with Crippen molar-refractivity contribution in [2.75, 3.05) is 11.9 Å².